The fraction of sp³-hybridized carbons (Fsp3) is 0.250. The highest BCUT2D eigenvalue weighted by molar-refractivity contribution is 9.10. The summed E-state index contributed by atoms with van der Waals surface area (Å²) in [7, 11) is 0. The zero-order chi connectivity index (χ0) is 22.4. The van der Waals surface area contributed by atoms with Crippen LogP contribution in [0.5, 0.6) is 11.5 Å². The Labute approximate surface area is 190 Å². The molecule has 7 heteroatoms. The number of benzene rings is 3. The van der Waals surface area contributed by atoms with Gasteiger partial charge in [-0.25, -0.2) is 0 Å². The summed E-state index contributed by atoms with van der Waals surface area (Å²) in [6.07, 6.45) is -0.777. The number of rotatable bonds is 7. The number of amides is 2. The highest BCUT2D eigenvalue weighted by Crippen LogP contribution is 2.32. The van der Waals surface area contributed by atoms with Crippen molar-refractivity contribution in [2.75, 3.05) is 6.61 Å². The van der Waals surface area contributed by atoms with E-state index in [1.54, 1.807) is 13.0 Å². The molecule has 0 radical (unpaired) electrons. The van der Waals surface area contributed by atoms with Crippen LogP contribution in [-0.2, 0) is 9.59 Å². The zero-order valence-corrected chi connectivity index (χ0v) is 19.2. The Kier molecular flexibility index (Phi) is 7.52. The maximum absolute atomic E-state index is 12.2. The van der Waals surface area contributed by atoms with Gasteiger partial charge in [-0.05, 0) is 63.3 Å². The summed E-state index contributed by atoms with van der Waals surface area (Å²) in [5.41, 5.74) is 5.89. The van der Waals surface area contributed by atoms with Gasteiger partial charge in [0.1, 0.15) is 11.5 Å². The summed E-state index contributed by atoms with van der Waals surface area (Å²) in [6.45, 7) is 5.58. The number of nitrogens with one attached hydrogen (secondary N) is 2. The lowest BCUT2D eigenvalue weighted by atomic mass is 10.0. The molecule has 0 spiro atoms. The number of ether oxygens (including phenoxy) is 2. The summed E-state index contributed by atoms with van der Waals surface area (Å²) in [4.78, 5) is 24.3. The van der Waals surface area contributed by atoms with Crippen molar-refractivity contribution in [1.29, 1.82) is 0 Å². The molecule has 2 amide bonds. The minimum absolute atomic E-state index is 0.247. The maximum Gasteiger partial charge on any atom is 0.279 e. The molecule has 1 unspecified atom stereocenters. The van der Waals surface area contributed by atoms with Gasteiger partial charge in [-0.3, -0.25) is 20.4 Å². The van der Waals surface area contributed by atoms with Crippen molar-refractivity contribution in [3.63, 3.8) is 0 Å². The van der Waals surface area contributed by atoms with Gasteiger partial charge in [-0.2, -0.15) is 0 Å². The molecule has 1 atom stereocenters. The smallest absolute Gasteiger partial charge is 0.279 e. The van der Waals surface area contributed by atoms with Crippen LogP contribution in [0.25, 0.3) is 10.8 Å². The molecule has 0 aliphatic rings. The van der Waals surface area contributed by atoms with Crippen LogP contribution >= 0.6 is 15.9 Å². The summed E-state index contributed by atoms with van der Waals surface area (Å²) in [5, 5.41) is 2.05. The van der Waals surface area contributed by atoms with Gasteiger partial charge in [0.05, 0.1) is 4.47 Å². The van der Waals surface area contributed by atoms with Crippen LogP contribution in [0.3, 0.4) is 0 Å². The van der Waals surface area contributed by atoms with Gasteiger partial charge in [0.15, 0.2) is 12.7 Å². The molecule has 3 aromatic rings. The molecule has 0 aliphatic carbocycles. The van der Waals surface area contributed by atoms with E-state index >= 15 is 0 Å². The molecule has 0 aliphatic heterocycles. The Morgan fingerprint density at radius 2 is 1.65 bits per heavy atom. The molecule has 0 saturated carbocycles. The first-order valence-electron chi connectivity index (χ1n) is 10.0. The third-order valence-electron chi connectivity index (χ3n) is 4.74. The predicted molar refractivity (Wildman–Crippen MR) is 124 cm³/mol. The standard InChI is InChI=1S/C24H25BrN2O4/c1-15(2)17-8-11-19(12-9-17)31-16(3)24(29)27-26-22(28)14-30-21-13-10-18-6-4-5-7-20(18)23(21)25/h4-13,15-16H,14H2,1-3H3,(H,26,28)(H,27,29). The van der Waals surface area contributed by atoms with E-state index < -0.39 is 17.9 Å². The molecule has 3 aromatic carbocycles. The lowest BCUT2D eigenvalue weighted by molar-refractivity contribution is -0.133. The topological polar surface area (TPSA) is 76.7 Å². The Morgan fingerprint density at radius 3 is 2.35 bits per heavy atom. The lowest BCUT2D eigenvalue weighted by Gasteiger charge is -2.16. The molecular formula is C24H25BrN2O4. The third kappa shape index (κ3) is 5.98. The van der Waals surface area contributed by atoms with E-state index in [9.17, 15) is 9.59 Å². The van der Waals surface area contributed by atoms with Crippen LogP contribution in [0, 0.1) is 0 Å². The number of fused-ring (bicyclic) bond motifs is 1. The van der Waals surface area contributed by atoms with Crippen LogP contribution < -0.4 is 20.3 Å². The Hall–Kier alpha value is -3.06. The van der Waals surface area contributed by atoms with E-state index in [2.05, 4.69) is 40.6 Å². The number of carbonyl (C=O) groups excluding carboxylic acids is 2. The fourth-order valence-electron chi connectivity index (χ4n) is 2.93. The van der Waals surface area contributed by atoms with Gasteiger partial charge in [0.2, 0.25) is 0 Å². The maximum atomic E-state index is 12.2. The SMILES string of the molecule is CC(Oc1ccc(C(C)C)cc1)C(=O)NNC(=O)COc1ccc2ccccc2c1Br. The predicted octanol–water partition coefficient (Wildman–Crippen LogP) is 4.72. The number of carbonyl (C=O) groups is 2. The van der Waals surface area contributed by atoms with Crippen LogP contribution in [0.1, 0.15) is 32.3 Å². The van der Waals surface area contributed by atoms with Crippen LogP contribution in [-0.4, -0.2) is 24.5 Å². The van der Waals surface area contributed by atoms with E-state index in [0.717, 1.165) is 15.2 Å². The van der Waals surface area contributed by atoms with Crippen molar-refractivity contribution in [1.82, 2.24) is 10.9 Å². The number of hydrogen-bond donors (Lipinski definition) is 2. The van der Waals surface area contributed by atoms with Crippen LogP contribution in [0.2, 0.25) is 0 Å². The molecule has 2 N–H and O–H groups in total. The normalized spacial score (nSPS) is 11.8. The van der Waals surface area contributed by atoms with Crippen molar-refractivity contribution in [3.8, 4) is 11.5 Å². The van der Waals surface area contributed by atoms with Crippen molar-refractivity contribution in [2.24, 2.45) is 0 Å². The Bertz CT molecular complexity index is 1070. The van der Waals surface area contributed by atoms with Gasteiger partial charge in [0.25, 0.3) is 11.8 Å². The van der Waals surface area contributed by atoms with E-state index in [1.165, 1.54) is 5.56 Å². The first kappa shape index (κ1) is 22.6. The van der Waals surface area contributed by atoms with E-state index in [-0.39, 0.29) is 6.61 Å². The van der Waals surface area contributed by atoms with Gasteiger partial charge >= 0.3 is 0 Å². The zero-order valence-electron chi connectivity index (χ0n) is 17.6. The van der Waals surface area contributed by atoms with Crippen LogP contribution in [0.4, 0.5) is 0 Å². The van der Waals surface area contributed by atoms with E-state index in [4.69, 9.17) is 9.47 Å². The number of halogens is 1. The second-order valence-corrected chi connectivity index (χ2v) is 8.20. The molecular weight excluding hydrogens is 460 g/mol. The number of hydrazine groups is 1. The fourth-order valence-corrected chi connectivity index (χ4v) is 3.53. The second kappa shape index (κ2) is 10.3. The summed E-state index contributed by atoms with van der Waals surface area (Å²) < 4.78 is 12.0. The Balaban J connectivity index is 1.46. The lowest BCUT2D eigenvalue weighted by Crippen LogP contribution is -2.48. The first-order valence-corrected chi connectivity index (χ1v) is 10.8. The van der Waals surface area contributed by atoms with Gasteiger partial charge < -0.3 is 9.47 Å². The molecule has 0 bridgehead atoms. The number of hydrogen-bond acceptors (Lipinski definition) is 4. The second-order valence-electron chi connectivity index (χ2n) is 7.41. The molecule has 6 nitrogen and oxygen atoms in total. The van der Waals surface area contributed by atoms with E-state index in [0.29, 0.717) is 17.4 Å². The average molecular weight is 485 g/mol. The average Bonchev–Trinajstić information content (AvgIpc) is 2.77. The van der Waals surface area contributed by atoms with Gasteiger partial charge in [0, 0.05) is 0 Å². The highest BCUT2D eigenvalue weighted by atomic mass is 79.9. The van der Waals surface area contributed by atoms with Crippen molar-refractivity contribution in [3.05, 3.63) is 70.7 Å². The quantitative estimate of drug-likeness (QED) is 0.475. The Morgan fingerprint density at radius 1 is 0.935 bits per heavy atom. The van der Waals surface area contributed by atoms with Crippen molar-refractivity contribution in [2.45, 2.75) is 32.8 Å². The van der Waals surface area contributed by atoms with Crippen molar-refractivity contribution < 1.29 is 19.1 Å². The molecule has 0 heterocycles. The van der Waals surface area contributed by atoms with Gasteiger partial charge in [-0.1, -0.05) is 56.3 Å². The molecule has 162 valence electrons. The first-order chi connectivity index (χ1) is 14.8. The van der Waals surface area contributed by atoms with Crippen molar-refractivity contribution >= 4 is 38.5 Å². The summed E-state index contributed by atoms with van der Waals surface area (Å²) in [6, 6.07) is 19.1. The molecule has 3 rings (SSSR count). The molecule has 31 heavy (non-hydrogen) atoms. The minimum Gasteiger partial charge on any atom is -0.483 e. The molecule has 0 aromatic heterocycles. The summed E-state index contributed by atoms with van der Waals surface area (Å²) in [5.74, 6) is 0.599. The third-order valence-corrected chi connectivity index (χ3v) is 5.56. The molecule has 0 saturated heterocycles. The van der Waals surface area contributed by atoms with Gasteiger partial charge in [-0.15, -0.1) is 0 Å². The van der Waals surface area contributed by atoms with Crippen LogP contribution in [0.15, 0.2) is 65.1 Å². The largest absolute Gasteiger partial charge is 0.483 e. The monoisotopic (exact) mass is 484 g/mol. The minimum atomic E-state index is -0.777. The highest BCUT2D eigenvalue weighted by Gasteiger charge is 2.16. The summed E-state index contributed by atoms with van der Waals surface area (Å²) >= 11 is 3.51. The van der Waals surface area contributed by atoms with E-state index in [1.807, 2.05) is 54.6 Å². The molecule has 0 fully saturated rings.